The topological polar surface area (TPSA) is 251 Å². The Morgan fingerprint density at radius 1 is 0.604 bits per heavy atom. The molecule has 0 fully saturated rings. The Balaban J connectivity index is 0.000000404. The fraction of sp³-hybridized carbons (Fsp3) is 0.321. The van der Waals surface area contributed by atoms with Crippen molar-refractivity contribution in [3.05, 3.63) is 146 Å². The van der Waals surface area contributed by atoms with Gasteiger partial charge < -0.3 is 45.7 Å². The standard InChI is InChI=1S/C20H20F3IN2O3S.C12H14INO3S.C12H12INO2S.C8H8F3NO.C4F6O3/c1-11-9-13(29-20(21,22)23)7-8-16(11)26-18(27)14-5-4-6-15(24)17(14)19(28)25-12(2)10-30-3;1-7(6-18-2)14-11(15)10-8(12(16)17)4-3-5-9(10)13;1-7(6-17-2)14-11-10-8(12(15)16-11)4-3-5-9(10)13;1-5-4-6(2-3-7(5)12)13-8(9,10)11;5-3(6,7)1(11)13-2(12)4(8,9)10/h4-9,12H,10H2,1-3H3,(H,25,28)(H,26,27);3-5,7H,6H2,1-2H3,(H,14,15)(H,16,17);3-5,7H,6H2,1-2H3;2-4H,12H2,1H3;/t12-;2*7-;;/m000../s1. The molecule has 0 saturated heterocycles. The highest BCUT2D eigenvalue weighted by Crippen LogP contribution is 2.30. The van der Waals surface area contributed by atoms with E-state index in [-0.39, 0.29) is 69.7 Å². The second-order valence-corrected chi connectivity index (χ2v) is 24.5. The molecule has 0 aromatic heterocycles. The molecule has 0 saturated carbocycles. The zero-order valence-electron chi connectivity index (χ0n) is 48.4. The lowest BCUT2D eigenvalue weighted by molar-refractivity contribution is -0.275. The number of anilines is 2. The minimum Gasteiger partial charge on any atom is -0.478 e. The molecule has 0 unspecified atom stereocenters. The van der Waals surface area contributed by atoms with Gasteiger partial charge >= 0.3 is 49.0 Å². The molecular formula is C56H54F12I3N5O12S3. The minimum atomic E-state index is -5.62. The highest BCUT2D eigenvalue weighted by atomic mass is 127. The molecule has 35 heteroatoms. The van der Waals surface area contributed by atoms with Crippen LogP contribution in [0.3, 0.4) is 0 Å². The molecule has 6 rings (SSSR count). The van der Waals surface area contributed by atoms with Crippen LogP contribution in [0, 0.1) is 24.6 Å². The summed E-state index contributed by atoms with van der Waals surface area (Å²) < 4.78 is 157. The minimum absolute atomic E-state index is 0.00477. The Hall–Kier alpha value is -5.94. The van der Waals surface area contributed by atoms with Crippen molar-refractivity contribution >= 4 is 162 Å². The average Bonchev–Trinajstić information content (AvgIpc) is 1.95. The maximum absolute atomic E-state index is 12.9. The molecular weight excluding hydrogens is 1640 g/mol. The van der Waals surface area contributed by atoms with Crippen molar-refractivity contribution in [3.63, 3.8) is 0 Å². The molecule has 498 valence electrons. The van der Waals surface area contributed by atoms with Crippen LogP contribution in [0.4, 0.5) is 64.1 Å². The number of carbonyl (C=O) groups is 7. The maximum Gasteiger partial charge on any atom is 0.573 e. The summed E-state index contributed by atoms with van der Waals surface area (Å²) in [6, 6.07) is 22.8. The lowest BCUT2D eigenvalue weighted by atomic mass is 10.1. The molecule has 91 heavy (non-hydrogen) atoms. The second-order valence-electron chi connectivity index (χ2n) is 18.3. The number of hydrogen-bond acceptors (Lipinski definition) is 16. The van der Waals surface area contributed by atoms with Gasteiger partial charge in [0.05, 0.1) is 39.4 Å². The molecule has 0 radical (unpaired) electrons. The van der Waals surface area contributed by atoms with Gasteiger partial charge in [-0.15, -0.1) is 26.3 Å². The SMILES string of the molecule is CSC[C@H](C)N=C1OC(=O)c2cccc(I)c21.CSC[C@H](C)NC(=O)c1c(I)cccc1C(=O)Nc1ccc(OC(F)(F)F)cc1C.CSC[C@H](C)NC(=O)c1c(I)cccc1C(=O)O.Cc1cc(OC(F)(F)F)ccc1N.O=C(OC(=O)C(F)(F)F)C(F)(F)F. The zero-order chi connectivity index (χ0) is 69.5. The number of aliphatic imine (C=N–C) groups is 1. The Morgan fingerprint density at radius 3 is 1.46 bits per heavy atom. The van der Waals surface area contributed by atoms with Crippen LogP contribution in [0.2, 0.25) is 0 Å². The van der Waals surface area contributed by atoms with Crippen LogP contribution in [-0.2, 0) is 19.1 Å². The van der Waals surface area contributed by atoms with Gasteiger partial charge in [-0.05, 0) is 205 Å². The van der Waals surface area contributed by atoms with Gasteiger partial charge in [0.1, 0.15) is 11.5 Å². The molecule has 1 heterocycles. The summed E-state index contributed by atoms with van der Waals surface area (Å²) in [5.74, 6) is -6.75. The number of nitrogen functional groups attached to an aromatic ring is 1. The predicted octanol–water partition coefficient (Wildman–Crippen LogP) is 14.3. The van der Waals surface area contributed by atoms with Gasteiger partial charge in [0.2, 0.25) is 5.90 Å². The highest BCUT2D eigenvalue weighted by molar-refractivity contribution is 14.1. The van der Waals surface area contributed by atoms with Crippen LogP contribution in [0.15, 0.2) is 96.0 Å². The van der Waals surface area contributed by atoms with Crippen LogP contribution < -0.4 is 31.2 Å². The quantitative estimate of drug-likeness (QED) is 0.0202. The lowest BCUT2D eigenvalue weighted by Gasteiger charge is -2.17. The largest absolute Gasteiger partial charge is 0.573 e. The number of fused-ring (bicyclic) bond motifs is 1. The van der Waals surface area contributed by atoms with Crippen molar-refractivity contribution in [1.82, 2.24) is 10.6 Å². The van der Waals surface area contributed by atoms with Crippen LogP contribution in [0.1, 0.15) is 89.3 Å². The first-order chi connectivity index (χ1) is 42.0. The van der Waals surface area contributed by atoms with E-state index in [0.29, 0.717) is 41.1 Å². The molecule has 1 aliphatic rings. The van der Waals surface area contributed by atoms with Crippen molar-refractivity contribution < 1.29 is 110 Å². The molecule has 0 bridgehead atoms. The number of carboxylic acids is 1. The van der Waals surface area contributed by atoms with Gasteiger partial charge in [0.25, 0.3) is 17.7 Å². The van der Waals surface area contributed by atoms with Gasteiger partial charge in [-0.1, -0.05) is 18.2 Å². The fourth-order valence-corrected chi connectivity index (χ4v) is 10.9. The van der Waals surface area contributed by atoms with E-state index < -0.39 is 48.9 Å². The molecule has 0 spiro atoms. The number of thioether (sulfide) groups is 3. The number of hydrogen-bond donors (Lipinski definition) is 5. The summed E-state index contributed by atoms with van der Waals surface area (Å²) in [6.45, 7) is 8.94. The van der Waals surface area contributed by atoms with Crippen LogP contribution >= 0.6 is 103 Å². The monoisotopic (exact) mass is 1690 g/mol. The highest BCUT2D eigenvalue weighted by Gasteiger charge is 2.49. The maximum atomic E-state index is 12.9. The van der Waals surface area contributed by atoms with E-state index in [2.05, 4.69) is 57.7 Å². The van der Waals surface area contributed by atoms with Crippen molar-refractivity contribution in [1.29, 1.82) is 0 Å². The number of rotatable bonds is 16. The van der Waals surface area contributed by atoms with Gasteiger partial charge in [0.15, 0.2) is 0 Å². The number of benzene rings is 5. The number of ether oxygens (including phenoxy) is 4. The van der Waals surface area contributed by atoms with Crippen LogP contribution in [0.25, 0.3) is 0 Å². The van der Waals surface area contributed by atoms with E-state index in [1.54, 1.807) is 79.5 Å². The number of amides is 3. The number of alkyl halides is 12. The van der Waals surface area contributed by atoms with E-state index >= 15 is 0 Å². The first-order valence-corrected chi connectivity index (χ1v) is 32.6. The first kappa shape index (κ1) is 81.2. The molecule has 3 amide bonds. The van der Waals surface area contributed by atoms with Crippen molar-refractivity contribution in [2.75, 3.05) is 47.1 Å². The Bertz CT molecular complexity index is 3390. The number of cyclic esters (lactones) is 1. The van der Waals surface area contributed by atoms with Gasteiger partial charge in [-0.2, -0.15) is 61.6 Å². The third-order valence-corrected chi connectivity index (χ3v) is 15.9. The summed E-state index contributed by atoms with van der Waals surface area (Å²) in [5, 5.41) is 17.4. The van der Waals surface area contributed by atoms with Crippen molar-refractivity contribution in [2.45, 2.75) is 77.8 Å². The molecule has 0 aliphatic carbocycles. The summed E-state index contributed by atoms with van der Waals surface area (Å²) >= 11 is 11.1. The van der Waals surface area contributed by atoms with E-state index in [1.807, 2.05) is 96.9 Å². The predicted molar refractivity (Wildman–Crippen MR) is 346 cm³/mol. The number of nitrogens with one attached hydrogen (secondary N) is 3. The van der Waals surface area contributed by atoms with Crippen molar-refractivity contribution in [3.8, 4) is 11.5 Å². The number of esters is 3. The number of aromatic carboxylic acids is 1. The zero-order valence-corrected chi connectivity index (χ0v) is 57.3. The Labute approximate surface area is 566 Å². The van der Waals surface area contributed by atoms with Crippen LogP contribution in [0.5, 0.6) is 11.5 Å². The third kappa shape index (κ3) is 28.4. The molecule has 6 N–H and O–H groups in total. The molecule has 3 atom stereocenters. The fourth-order valence-electron chi connectivity index (χ4n) is 6.94. The van der Waals surface area contributed by atoms with Gasteiger partial charge in [-0.3, -0.25) is 14.4 Å². The van der Waals surface area contributed by atoms with E-state index in [1.165, 1.54) is 42.5 Å². The Kier molecular flexibility index (Phi) is 33.1. The summed E-state index contributed by atoms with van der Waals surface area (Å²) in [7, 11) is 0. The lowest BCUT2D eigenvalue weighted by Crippen LogP contribution is -2.36. The molecule has 17 nitrogen and oxygen atoms in total. The molecule has 5 aromatic carbocycles. The summed E-state index contributed by atoms with van der Waals surface area (Å²) in [6.07, 6.45) is -14.8. The Morgan fingerprint density at radius 2 is 1.03 bits per heavy atom. The van der Waals surface area contributed by atoms with E-state index in [9.17, 15) is 86.2 Å². The molecule has 5 aromatic rings. The summed E-state index contributed by atoms with van der Waals surface area (Å²) in [4.78, 5) is 84.2. The third-order valence-electron chi connectivity index (χ3n) is 10.7. The number of halogens is 15. The normalized spacial score (nSPS) is 13.2. The van der Waals surface area contributed by atoms with Crippen LogP contribution in [-0.4, -0.2) is 132 Å². The van der Waals surface area contributed by atoms with Gasteiger partial charge in [-0.25, -0.2) is 24.2 Å². The van der Waals surface area contributed by atoms with E-state index in [0.717, 1.165) is 32.5 Å². The number of carboxylic acid groups (broad SMARTS) is 1. The van der Waals surface area contributed by atoms with Gasteiger partial charge in [0, 0.05) is 51.4 Å². The van der Waals surface area contributed by atoms with E-state index in [4.69, 9.17) is 15.6 Å². The smallest absolute Gasteiger partial charge is 0.478 e. The number of aryl methyl sites for hydroxylation is 2. The van der Waals surface area contributed by atoms with Crippen molar-refractivity contribution in [2.24, 2.45) is 4.99 Å². The average molecular weight is 1690 g/mol. The first-order valence-electron chi connectivity index (χ1n) is 25.2. The number of nitrogens with zero attached hydrogens (tertiary/aromatic N) is 1. The number of carbonyl (C=O) groups excluding carboxylic acids is 6. The second kappa shape index (κ2) is 37.1. The number of nitrogens with two attached hydrogens (primary N) is 1. The summed E-state index contributed by atoms with van der Waals surface area (Å²) in [5.41, 5.74) is 9.26. The molecule has 1 aliphatic heterocycles.